The van der Waals surface area contributed by atoms with Gasteiger partial charge >= 0.3 is 0 Å². The monoisotopic (exact) mass is 396 g/mol. The van der Waals surface area contributed by atoms with Crippen LogP contribution in [0.3, 0.4) is 0 Å². The van der Waals surface area contributed by atoms with Crippen molar-refractivity contribution >= 4 is 18.0 Å². The summed E-state index contributed by atoms with van der Waals surface area (Å²) in [5.41, 5.74) is 3.33. The molecular weight excluding hydrogens is 372 g/mol. The second-order valence-corrected chi connectivity index (χ2v) is 7.15. The summed E-state index contributed by atoms with van der Waals surface area (Å²) in [4.78, 5) is 0. The van der Waals surface area contributed by atoms with Crippen LogP contribution < -0.4 is 9.47 Å². The molecule has 0 fully saturated rings. The molecule has 7 heteroatoms. The van der Waals surface area contributed by atoms with Crippen LogP contribution >= 0.6 is 11.8 Å². The van der Waals surface area contributed by atoms with Crippen molar-refractivity contribution in [2.24, 2.45) is 5.10 Å². The molecule has 6 nitrogen and oxygen atoms in total. The molecule has 2 aromatic carbocycles. The summed E-state index contributed by atoms with van der Waals surface area (Å²) in [6.07, 6.45) is 4.26. The van der Waals surface area contributed by atoms with Gasteiger partial charge in [-0.15, -0.1) is 10.2 Å². The van der Waals surface area contributed by atoms with Gasteiger partial charge in [0.1, 0.15) is 6.33 Å². The van der Waals surface area contributed by atoms with Gasteiger partial charge in [-0.2, -0.15) is 9.78 Å². The van der Waals surface area contributed by atoms with Gasteiger partial charge in [0.05, 0.1) is 19.9 Å². The van der Waals surface area contributed by atoms with Crippen LogP contribution in [0, 0.1) is 6.92 Å². The van der Waals surface area contributed by atoms with Crippen molar-refractivity contribution < 1.29 is 9.47 Å². The summed E-state index contributed by atoms with van der Waals surface area (Å²) >= 11 is 1.59. The summed E-state index contributed by atoms with van der Waals surface area (Å²) in [6.45, 7) is 4.77. The van der Waals surface area contributed by atoms with E-state index in [0.29, 0.717) is 18.1 Å². The third-order valence-electron chi connectivity index (χ3n) is 3.99. The van der Waals surface area contributed by atoms with Crippen molar-refractivity contribution in [3.63, 3.8) is 0 Å². The molecule has 3 aromatic rings. The normalized spacial score (nSPS) is 11.1. The van der Waals surface area contributed by atoms with Crippen LogP contribution in [0.25, 0.3) is 0 Å². The van der Waals surface area contributed by atoms with Crippen molar-refractivity contribution in [3.05, 3.63) is 65.5 Å². The molecule has 0 atom stereocenters. The van der Waals surface area contributed by atoms with E-state index < -0.39 is 0 Å². The summed E-state index contributed by atoms with van der Waals surface area (Å²) in [5, 5.41) is 13.4. The van der Waals surface area contributed by atoms with Gasteiger partial charge < -0.3 is 9.47 Å². The Hall–Kier alpha value is -2.80. The molecule has 1 heterocycles. The van der Waals surface area contributed by atoms with E-state index in [1.807, 2.05) is 18.2 Å². The van der Waals surface area contributed by atoms with Crippen molar-refractivity contribution in [3.8, 4) is 11.5 Å². The topological polar surface area (TPSA) is 61.5 Å². The number of rotatable bonds is 9. The molecule has 3 rings (SSSR count). The zero-order chi connectivity index (χ0) is 19.8. The second kappa shape index (κ2) is 9.94. The highest BCUT2D eigenvalue weighted by atomic mass is 32.2. The smallest absolute Gasteiger partial charge is 0.212 e. The first kappa shape index (κ1) is 19.9. The highest BCUT2D eigenvalue weighted by molar-refractivity contribution is 7.98. The minimum absolute atomic E-state index is 0.617. The Labute approximate surface area is 169 Å². The van der Waals surface area contributed by atoms with Gasteiger partial charge in [-0.05, 0) is 31.0 Å². The molecule has 0 radical (unpaired) electrons. The average Bonchev–Trinajstić information content (AvgIpc) is 3.17. The average molecular weight is 397 g/mol. The minimum atomic E-state index is 0.617. The predicted octanol–water partition coefficient (Wildman–Crippen LogP) is 4.56. The summed E-state index contributed by atoms with van der Waals surface area (Å²) in [5.74, 6) is 2.19. The van der Waals surface area contributed by atoms with E-state index in [9.17, 15) is 0 Å². The molecule has 28 heavy (non-hydrogen) atoms. The summed E-state index contributed by atoms with van der Waals surface area (Å²) < 4.78 is 12.9. The first-order valence-electron chi connectivity index (χ1n) is 9.13. The van der Waals surface area contributed by atoms with E-state index in [1.165, 1.54) is 11.1 Å². The van der Waals surface area contributed by atoms with Gasteiger partial charge in [0.2, 0.25) is 5.16 Å². The third kappa shape index (κ3) is 5.13. The molecule has 0 aliphatic carbocycles. The van der Waals surface area contributed by atoms with Gasteiger partial charge in [0, 0.05) is 11.3 Å². The molecule has 0 saturated heterocycles. The number of benzene rings is 2. The number of nitrogens with zero attached hydrogens (tertiary/aromatic N) is 4. The first-order valence-corrected chi connectivity index (χ1v) is 10.1. The maximum Gasteiger partial charge on any atom is 0.212 e. The van der Waals surface area contributed by atoms with Gasteiger partial charge in [-0.3, -0.25) is 0 Å². The Kier molecular flexibility index (Phi) is 7.08. The first-order chi connectivity index (χ1) is 13.7. The predicted molar refractivity (Wildman–Crippen MR) is 113 cm³/mol. The molecule has 0 N–H and O–H groups in total. The van der Waals surface area contributed by atoms with Crippen LogP contribution in [-0.4, -0.2) is 34.8 Å². The Bertz CT molecular complexity index is 922. The number of para-hydroxylation sites is 1. The standard InChI is InChI=1S/C21H24N4O2S/c1-4-12-27-20-18(6-5-7-19(20)26-3)13-23-25-15-22-24-21(25)28-14-17-10-8-16(2)9-11-17/h5-11,13,15H,4,12,14H2,1-3H3/b23-13-. The van der Waals surface area contributed by atoms with Gasteiger partial charge in [0.25, 0.3) is 0 Å². The van der Waals surface area contributed by atoms with Crippen molar-refractivity contribution in [1.29, 1.82) is 0 Å². The van der Waals surface area contributed by atoms with Crippen LogP contribution in [0.15, 0.2) is 59.0 Å². The van der Waals surface area contributed by atoms with E-state index >= 15 is 0 Å². The number of aryl methyl sites for hydroxylation is 1. The lowest BCUT2D eigenvalue weighted by molar-refractivity contribution is 0.294. The number of aromatic nitrogens is 3. The molecule has 0 spiro atoms. The molecule has 1 aromatic heterocycles. The summed E-state index contributed by atoms with van der Waals surface area (Å²) in [7, 11) is 1.63. The second-order valence-electron chi connectivity index (χ2n) is 6.20. The highest BCUT2D eigenvalue weighted by Crippen LogP contribution is 2.30. The van der Waals surface area contributed by atoms with Crippen LogP contribution in [0.1, 0.15) is 30.0 Å². The molecule has 0 amide bonds. The molecule has 0 aliphatic rings. The quantitative estimate of drug-likeness (QED) is 0.392. The lowest BCUT2D eigenvalue weighted by Gasteiger charge is -2.12. The van der Waals surface area contributed by atoms with E-state index in [1.54, 1.807) is 36.1 Å². The van der Waals surface area contributed by atoms with Crippen molar-refractivity contribution in [2.75, 3.05) is 13.7 Å². The van der Waals surface area contributed by atoms with Crippen LogP contribution in [-0.2, 0) is 5.75 Å². The van der Waals surface area contributed by atoms with Crippen LogP contribution in [0.4, 0.5) is 0 Å². The number of thioether (sulfide) groups is 1. The Morgan fingerprint density at radius 2 is 2.00 bits per heavy atom. The SMILES string of the molecule is CCCOc1c(/C=N\n2cnnc2SCc2ccc(C)cc2)cccc1OC. The van der Waals surface area contributed by atoms with Gasteiger partial charge in [-0.1, -0.05) is 54.6 Å². The number of ether oxygens (including phenoxy) is 2. The fourth-order valence-electron chi connectivity index (χ4n) is 2.50. The van der Waals surface area contributed by atoms with Gasteiger partial charge in [0.15, 0.2) is 11.5 Å². The largest absolute Gasteiger partial charge is 0.493 e. The number of methoxy groups -OCH3 is 1. The maximum atomic E-state index is 5.86. The fraction of sp³-hybridized carbons (Fsp3) is 0.286. The van der Waals surface area contributed by atoms with E-state index in [-0.39, 0.29) is 0 Å². The minimum Gasteiger partial charge on any atom is -0.493 e. The Balaban J connectivity index is 1.75. The summed E-state index contributed by atoms with van der Waals surface area (Å²) in [6, 6.07) is 14.2. The van der Waals surface area contributed by atoms with Crippen LogP contribution in [0.2, 0.25) is 0 Å². The van der Waals surface area contributed by atoms with E-state index in [4.69, 9.17) is 9.47 Å². The highest BCUT2D eigenvalue weighted by Gasteiger charge is 2.10. The molecular formula is C21H24N4O2S. The third-order valence-corrected chi connectivity index (χ3v) is 4.99. The molecule has 0 unspecified atom stereocenters. The zero-order valence-corrected chi connectivity index (χ0v) is 17.1. The van der Waals surface area contributed by atoms with E-state index in [0.717, 1.165) is 22.9 Å². The number of hydrogen-bond acceptors (Lipinski definition) is 6. The van der Waals surface area contributed by atoms with Crippen molar-refractivity contribution in [2.45, 2.75) is 31.2 Å². The Morgan fingerprint density at radius 1 is 1.18 bits per heavy atom. The fourth-order valence-corrected chi connectivity index (χ4v) is 3.32. The van der Waals surface area contributed by atoms with Gasteiger partial charge in [-0.25, -0.2) is 0 Å². The molecule has 146 valence electrons. The Morgan fingerprint density at radius 3 is 2.75 bits per heavy atom. The maximum absolute atomic E-state index is 5.86. The number of hydrogen-bond donors (Lipinski definition) is 0. The zero-order valence-electron chi connectivity index (χ0n) is 16.3. The van der Waals surface area contributed by atoms with Crippen molar-refractivity contribution in [1.82, 2.24) is 14.9 Å². The molecule has 0 bridgehead atoms. The lowest BCUT2D eigenvalue weighted by atomic mass is 10.2. The lowest BCUT2D eigenvalue weighted by Crippen LogP contribution is -2.02. The van der Waals surface area contributed by atoms with Crippen LogP contribution in [0.5, 0.6) is 11.5 Å². The molecule has 0 saturated carbocycles. The molecule has 0 aliphatic heterocycles. The van der Waals surface area contributed by atoms with E-state index in [2.05, 4.69) is 53.4 Å².